The molecule has 1 fully saturated rings. The molecule has 0 unspecified atom stereocenters. The summed E-state index contributed by atoms with van der Waals surface area (Å²) in [7, 11) is 0. The van der Waals surface area contributed by atoms with E-state index in [2.05, 4.69) is 11.8 Å². The molecule has 0 radical (unpaired) electrons. The Balaban J connectivity index is 2.00. The Hall–Kier alpha value is -1.39. The van der Waals surface area contributed by atoms with Gasteiger partial charge in [-0.3, -0.25) is 4.90 Å². The molecular formula is C15H21NO3. The van der Waals surface area contributed by atoms with Crippen LogP contribution >= 0.6 is 0 Å². The molecule has 2 rings (SSSR count). The summed E-state index contributed by atoms with van der Waals surface area (Å²) in [5.41, 5.74) is 1.50. The molecule has 4 nitrogen and oxygen atoms in total. The summed E-state index contributed by atoms with van der Waals surface area (Å²) in [4.78, 5) is 13.2. The lowest BCUT2D eigenvalue weighted by Crippen LogP contribution is -2.44. The summed E-state index contributed by atoms with van der Waals surface area (Å²) < 4.78 is 5.53. The Kier molecular flexibility index (Phi) is 4.93. The molecule has 0 bridgehead atoms. The lowest BCUT2D eigenvalue weighted by atomic mass is 10.1. The average molecular weight is 263 g/mol. The first-order chi connectivity index (χ1) is 9.20. The van der Waals surface area contributed by atoms with Crippen molar-refractivity contribution in [2.75, 3.05) is 19.8 Å². The van der Waals surface area contributed by atoms with E-state index < -0.39 is 5.97 Å². The van der Waals surface area contributed by atoms with Gasteiger partial charge in [-0.15, -0.1) is 0 Å². The molecule has 1 aromatic carbocycles. The highest BCUT2D eigenvalue weighted by Crippen LogP contribution is 2.16. The van der Waals surface area contributed by atoms with Crippen LogP contribution in [0.5, 0.6) is 0 Å². The zero-order valence-corrected chi connectivity index (χ0v) is 11.3. The number of hydrogen-bond donors (Lipinski definition) is 1. The quantitative estimate of drug-likeness (QED) is 0.886. The number of benzene rings is 1. The van der Waals surface area contributed by atoms with Crippen LogP contribution < -0.4 is 0 Å². The predicted octanol–water partition coefficient (Wildman–Crippen LogP) is 2.39. The van der Waals surface area contributed by atoms with Gasteiger partial charge in [-0.2, -0.15) is 0 Å². The average Bonchev–Trinajstić information content (AvgIpc) is 2.42. The molecule has 104 valence electrons. The van der Waals surface area contributed by atoms with Crippen LogP contribution in [0.4, 0.5) is 0 Å². The highest BCUT2D eigenvalue weighted by Gasteiger charge is 2.22. The highest BCUT2D eigenvalue weighted by molar-refractivity contribution is 5.87. The number of rotatable bonds is 5. The SMILES string of the molecule is CCC[C@@H]1COCCN1Cc1ccc(C(=O)O)cc1. The Morgan fingerprint density at radius 2 is 2.16 bits per heavy atom. The van der Waals surface area contributed by atoms with Gasteiger partial charge in [0.15, 0.2) is 0 Å². The predicted molar refractivity (Wildman–Crippen MR) is 73.3 cm³/mol. The lowest BCUT2D eigenvalue weighted by molar-refractivity contribution is -0.0147. The van der Waals surface area contributed by atoms with Crippen molar-refractivity contribution in [2.45, 2.75) is 32.4 Å². The van der Waals surface area contributed by atoms with Gasteiger partial charge in [0, 0.05) is 19.1 Å². The fourth-order valence-corrected chi connectivity index (χ4v) is 2.48. The van der Waals surface area contributed by atoms with Crippen molar-refractivity contribution in [3.05, 3.63) is 35.4 Å². The molecule has 19 heavy (non-hydrogen) atoms. The van der Waals surface area contributed by atoms with E-state index in [1.54, 1.807) is 12.1 Å². The first kappa shape index (κ1) is 14.0. The summed E-state index contributed by atoms with van der Waals surface area (Å²) in [5.74, 6) is -0.873. The number of ether oxygens (including phenoxy) is 1. The fraction of sp³-hybridized carbons (Fsp3) is 0.533. The maximum absolute atomic E-state index is 10.8. The van der Waals surface area contributed by atoms with Crippen LogP contribution in [0.2, 0.25) is 0 Å². The van der Waals surface area contributed by atoms with Crippen LogP contribution in [0.3, 0.4) is 0 Å². The monoisotopic (exact) mass is 263 g/mol. The van der Waals surface area contributed by atoms with Crippen LogP contribution in [0.25, 0.3) is 0 Å². The molecule has 1 saturated heterocycles. The van der Waals surface area contributed by atoms with Gasteiger partial charge in [0.25, 0.3) is 0 Å². The molecule has 1 N–H and O–H groups in total. The summed E-state index contributed by atoms with van der Waals surface area (Å²) in [5, 5.41) is 8.88. The van der Waals surface area contributed by atoms with Crippen molar-refractivity contribution in [2.24, 2.45) is 0 Å². The van der Waals surface area contributed by atoms with Crippen LogP contribution in [0, 0.1) is 0 Å². The zero-order chi connectivity index (χ0) is 13.7. The van der Waals surface area contributed by atoms with Crippen molar-refractivity contribution in [1.82, 2.24) is 4.90 Å². The number of carboxylic acids is 1. The zero-order valence-electron chi connectivity index (χ0n) is 11.3. The molecule has 4 heteroatoms. The summed E-state index contributed by atoms with van der Waals surface area (Å²) >= 11 is 0. The smallest absolute Gasteiger partial charge is 0.335 e. The number of carbonyl (C=O) groups is 1. The van der Waals surface area contributed by atoms with Crippen LogP contribution in [0.1, 0.15) is 35.7 Å². The molecule has 1 aliphatic heterocycles. The van der Waals surface area contributed by atoms with Crippen molar-refractivity contribution >= 4 is 5.97 Å². The third-order valence-electron chi connectivity index (χ3n) is 3.56. The topological polar surface area (TPSA) is 49.8 Å². The minimum Gasteiger partial charge on any atom is -0.478 e. The van der Waals surface area contributed by atoms with Crippen molar-refractivity contribution in [3.63, 3.8) is 0 Å². The summed E-state index contributed by atoms with van der Waals surface area (Å²) in [6.07, 6.45) is 2.30. The maximum Gasteiger partial charge on any atom is 0.335 e. The lowest BCUT2D eigenvalue weighted by Gasteiger charge is -2.35. The number of carboxylic acid groups (broad SMARTS) is 1. The van der Waals surface area contributed by atoms with Gasteiger partial charge in [-0.1, -0.05) is 25.5 Å². The Morgan fingerprint density at radius 1 is 1.42 bits per heavy atom. The van der Waals surface area contributed by atoms with Gasteiger partial charge >= 0.3 is 5.97 Å². The molecule has 1 atom stereocenters. The first-order valence-electron chi connectivity index (χ1n) is 6.84. The molecule has 0 saturated carbocycles. The van der Waals surface area contributed by atoms with Crippen molar-refractivity contribution < 1.29 is 14.6 Å². The number of morpholine rings is 1. The molecule has 1 aromatic rings. The molecule has 0 amide bonds. The van der Waals surface area contributed by atoms with E-state index in [1.165, 1.54) is 0 Å². The van der Waals surface area contributed by atoms with Crippen LogP contribution in [0.15, 0.2) is 24.3 Å². The van der Waals surface area contributed by atoms with Crippen molar-refractivity contribution in [1.29, 1.82) is 0 Å². The number of hydrogen-bond acceptors (Lipinski definition) is 3. The molecule has 0 aromatic heterocycles. The van der Waals surface area contributed by atoms with E-state index in [0.717, 1.165) is 44.7 Å². The summed E-state index contributed by atoms with van der Waals surface area (Å²) in [6, 6.07) is 7.64. The molecule has 1 aliphatic rings. The van der Waals surface area contributed by atoms with Gasteiger partial charge in [-0.05, 0) is 24.1 Å². The van der Waals surface area contributed by atoms with Crippen LogP contribution in [-0.4, -0.2) is 41.8 Å². The third kappa shape index (κ3) is 3.78. The molecule has 0 spiro atoms. The van der Waals surface area contributed by atoms with Gasteiger partial charge in [0.2, 0.25) is 0 Å². The second kappa shape index (κ2) is 6.68. The standard InChI is InChI=1S/C15H21NO3/c1-2-3-14-11-19-9-8-16(14)10-12-4-6-13(7-5-12)15(17)18/h4-7,14H,2-3,8-11H2,1H3,(H,17,18)/t14-/m1/s1. The van der Waals surface area contributed by atoms with Gasteiger partial charge in [0.1, 0.15) is 0 Å². The first-order valence-corrected chi connectivity index (χ1v) is 6.84. The third-order valence-corrected chi connectivity index (χ3v) is 3.56. The fourth-order valence-electron chi connectivity index (χ4n) is 2.48. The highest BCUT2D eigenvalue weighted by atomic mass is 16.5. The van der Waals surface area contributed by atoms with E-state index in [1.807, 2.05) is 12.1 Å². The Bertz CT molecular complexity index is 414. The van der Waals surface area contributed by atoms with Gasteiger partial charge in [0.05, 0.1) is 18.8 Å². The second-order valence-electron chi connectivity index (χ2n) is 4.99. The van der Waals surface area contributed by atoms with Gasteiger partial charge in [-0.25, -0.2) is 4.79 Å². The molecule has 1 heterocycles. The Morgan fingerprint density at radius 3 is 2.79 bits per heavy atom. The van der Waals surface area contributed by atoms with Gasteiger partial charge < -0.3 is 9.84 Å². The normalized spacial score (nSPS) is 20.4. The second-order valence-corrected chi connectivity index (χ2v) is 4.99. The minimum absolute atomic E-state index is 0.343. The van der Waals surface area contributed by atoms with Crippen LogP contribution in [-0.2, 0) is 11.3 Å². The number of aromatic carboxylic acids is 1. The van der Waals surface area contributed by atoms with E-state index in [4.69, 9.17) is 9.84 Å². The van der Waals surface area contributed by atoms with Crippen molar-refractivity contribution in [3.8, 4) is 0 Å². The minimum atomic E-state index is -0.873. The molecular weight excluding hydrogens is 242 g/mol. The van der Waals surface area contributed by atoms with E-state index in [0.29, 0.717) is 11.6 Å². The van der Waals surface area contributed by atoms with E-state index in [9.17, 15) is 4.79 Å². The summed E-state index contributed by atoms with van der Waals surface area (Å²) in [6.45, 7) is 5.60. The Labute approximate surface area is 114 Å². The number of nitrogens with zero attached hydrogens (tertiary/aromatic N) is 1. The largest absolute Gasteiger partial charge is 0.478 e. The van der Waals surface area contributed by atoms with E-state index in [-0.39, 0.29) is 0 Å². The maximum atomic E-state index is 10.8. The molecule has 0 aliphatic carbocycles. The van der Waals surface area contributed by atoms with E-state index >= 15 is 0 Å².